The third-order valence-corrected chi connectivity index (χ3v) is 4.08. The number of morpholine rings is 1. The Balaban J connectivity index is 1.80. The molecule has 2 aromatic rings. The van der Waals surface area contributed by atoms with Gasteiger partial charge in [0.25, 0.3) is 0 Å². The summed E-state index contributed by atoms with van der Waals surface area (Å²) in [6, 6.07) is 10.6. The average Bonchev–Trinajstić information content (AvgIpc) is 2.58. The number of nitrogens with one attached hydrogen (secondary N) is 1. The number of ether oxygens (including phenoxy) is 1. The lowest BCUT2D eigenvalue weighted by Crippen LogP contribution is -2.44. The lowest BCUT2D eigenvalue weighted by Gasteiger charge is -2.33. The van der Waals surface area contributed by atoms with Crippen molar-refractivity contribution in [2.75, 3.05) is 35.7 Å². The number of nitrogens with zero attached hydrogens (tertiary/aromatic N) is 3. The van der Waals surface area contributed by atoms with E-state index >= 15 is 0 Å². The van der Waals surface area contributed by atoms with E-state index in [1.54, 1.807) is 6.20 Å². The third kappa shape index (κ3) is 3.53. The van der Waals surface area contributed by atoms with E-state index in [0.717, 1.165) is 6.54 Å². The van der Waals surface area contributed by atoms with Crippen molar-refractivity contribution >= 4 is 17.5 Å². The molecular formula is C17H23N5O. The predicted molar refractivity (Wildman–Crippen MR) is 92.6 cm³/mol. The summed E-state index contributed by atoms with van der Waals surface area (Å²) in [4.78, 5) is 11.2. The maximum absolute atomic E-state index is 6.05. The van der Waals surface area contributed by atoms with Crippen LogP contribution >= 0.6 is 0 Å². The first-order valence-corrected chi connectivity index (χ1v) is 7.93. The molecule has 3 rings (SSSR count). The zero-order valence-electron chi connectivity index (χ0n) is 13.6. The van der Waals surface area contributed by atoms with E-state index in [1.807, 2.05) is 18.2 Å². The molecule has 1 saturated heterocycles. The first-order chi connectivity index (χ1) is 11.1. The second-order valence-corrected chi connectivity index (χ2v) is 5.87. The molecule has 6 nitrogen and oxygen atoms in total. The van der Waals surface area contributed by atoms with Gasteiger partial charge in [-0.2, -0.15) is 4.98 Å². The maximum Gasteiger partial charge on any atom is 0.227 e. The van der Waals surface area contributed by atoms with Crippen LogP contribution in [0, 0.1) is 0 Å². The minimum absolute atomic E-state index is 0.114. The van der Waals surface area contributed by atoms with Gasteiger partial charge >= 0.3 is 0 Å². The number of nitrogens with two attached hydrogens (primary N) is 1. The van der Waals surface area contributed by atoms with Crippen LogP contribution < -0.4 is 16.0 Å². The van der Waals surface area contributed by atoms with Crippen molar-refractivity contribution in [2.24, 2.45) is 0 Å². The molecule has 1 aromatic heterocycles. The van der Waals surface area contributed by atoms with Crippen LogP contribution in [0.4, 0.5) is 17.5 Å². The van der Waals surface area contributed by atoms with E-state index in [-0.39, 0.29) is 12.1 Å². The van der Waals surface area contributed by atoms with Crippen molar-refractivity contribution in [1.82, 2.24) is 9.97 Å². The molecule has 0 spiro atoms. The third-order valence-electron chi connectivity index (χ3n) is 4.08. The van der Waals surface area contributed by atoms with Crippen LogP contribution in [0.5, 0.6) is 0 Å². The topological polar surface area (TPSA) is 76.3 Å². The number of benzene rings is 1. The smallest absolute Gasteiger partial charge is 0.227 e. The zero-order valence-corrected chi connectivity index (χ0v) is 13.6. The van der Waals surface area contributed by atoms with Crippen LogP contribution in [0.25, 0.3) is 0 Å². The Kier molecular flexibility index (Phi) is 4.62. The lowest BCUT2D eigenvalue weighted by molar-refractivity contribution is 0.0981. The SMILES string of the molecule is CC(Nc1nc(N2CCOCC2C)ncc1N)c1ccccc1. The van der Waals surface area contributed by atoms with Gasteiger partial charge in [-0.25, -0.2) is 4.98 Å². The molecular weight excluding hydrogens is 290 g/mol. The molecule has 0 amide bonds. The molecule has 0 saturated carbocycles. The normalized spacial score (nSPS) is 19.4. The highest BCUT2D eigenvalue weighted by Gasteiger charge is 2.22. The highest BCUT2D eigenvalue weighted by atomic mass is 16.5. The first kappa shape index (κ1) is 15.6. The van der Waals surface area contributed by atoms with Crippen molar-refractivity contribution < 1.29 is 4.74 Å². The molecule has 3 N–H and O–H groups in total. The van der Waals surface area contributed by atoms with Crippen molar-refractivity contribution in [1.29, 1.82) is 0 Å². The number of rotatable bonds is 4. The van der Waals surface area contributed by atoms with Gasteiger partial charge in [0.15, 0.2) is 5.82 Å². The molecule has 0 radical (unpaired) electrons. The minimum Gasteiger partial charge on any atom is -0.394 e. The molecule has 2 atom stereocenters. The van der Waals surface area contributed by atoms with Crippen molar-refractivity contribution in [3.8, 4) is 0 Å². The molecule has 0 bridgehead atoms. The summed E-state index contributed by atoms with van der Waals surface area (Å²) in [5, 5.41) is 3.39. The first-order valence-electron chi connectivity index (χ1n) is 7.93. The summed E-state index contributed by atoms with van der Waals surface area (Å²) >= 11 is 0. The quantitative estimate of drug-likeness (QED) is 0.903. The Morgan fingerprint density at radius 3 is 2.87 bits per heavy atom. The predicted octanol–water partition coefficient (Wildman–Crippen LogP) is 2.46. The fourth-order valence-electron chi connectivity index (χ4n) is 2.69. The van der Waals surface area contributed by atoms with Gasteiger partial charge in [-0.15, -0.1) is 0 Å². The van der Waals surface area contributed by atoms with Crippen LogP contribution in [-0.2, 0) is 4.74 Å². The van der Waals surface area contributed by atoms with Gasteiger partial charge in [0.2, 0.25) is 5.95 Å². The molecule has 2 heterocycles. The van der Waals surface area contributed by atoms with Gasteiger partial charge < -0.3 is 20.7 Å². The largest absolute Gasteiger partial charge is 0.394 e. The number of nitrogen functional groups attached to an aromatic ring is 1. The molecule has 1 aliphatic rings. The van der Waals surface area contributed by atoms with Gasteiger partial charge in [0.05, 0.1) is 37.2 Å². The van der Waals surface area contributed by atoms with E-state index in [9.17, 15) is 0 Å². The van der Waals surface area contributed by atoms with E-state index in [4.69, 9.17) is 10.5 Å². The van der Waals surface area contributed by atoms with Crippen LogP contribution in [-0.4, -0.2) is 35.8 Å². The number of aromatic nitrogens is 2. The highest BCUT2D eigenvalue weighted by Crippen LogP contribution is 2.25. The fourth-order valence-corrected chi connectivity index (χ4v) is 2.69. The van der Waals surface area contributed by atoms with E-state index in [1.165, 1.54) is 5.56 Å². The molecule has 122 valence electrons. The van der Waals surface area contributed by atoms with Crippen LogP contribution in [0.3, 0.4) is 0 Å². The Bertz CT molecular complexity index is 649. The summed E-state index contributed by atoms with van der Waals surface area (Å²) < 4.78 is 5.47. The van der Waals surface area contributed by atoms with Gasteiger partial charge in [0, 0.05) is 6.54 Å². The second-order valence-electron chi connectivity index (χ2n) is 5.87. The summed E-state index contributed by atoms with van der Waals surface area (Å²) in [5.41, 5.74) is 7.79. The molecule has 1 aromatic carbocycles. The van der Waals surface area contributed by atoms with Crippen LogP contribution in [0.15, 0.2) is 36.5 Å². The summed E-state index contributed by atoms with van der Waals surface area (Å²) in [7, 11) is 0. The highest BCUT2D eigenvalue weighted by molar-refractivity contribution is 5.62. The molecule has 1 aliphatic heterocycles. The molecule has 0 aliphatic carbocycles. The number of anilines is 3. The summed E-state index contributed by atoms with van der Waals surface area (Å²) in [6.07, 6.45) is 1.67. The van der Waals surface area contributed by atoms with Crippen LogP contribution in [0.1, 0.15) is 25.5 Å². The summed E-state index contributed by atoms with van der Waals surface area (Å²) in [5.74, 6) is 1.36. The molecule has 2 unspecified atom stereocenters. The number of hydrogen-bond acceptors (Lipinski definition) is 6. The standard InChI is InChI=1S/C17H23N5O/c1-12-11-23-9-8-22(12)17-19-10-15(18)16(21-17)20-13(2)14-6-4-3-5-7-14/h3-7,10,12-13H,8-9,11,18H2,1-2H3,(H,19,20,21). The van der Waals surface area contributed by atoms with Crippen molar-refractivity contribution in [3.05, 3.63) is 42.1 Å². The van der Waals surface area contributed by atoms with Gasteiger partial charge in [0.1, 0.15) is 0 Å². The maximum atomic E-state index is 6.05. The van der Waals surface area contributed by atoms with Gasteiger partial charge in [-0.1, -0.05) is 30.3 Å². The van der Waals surface area contributed by atoms with E-state index < -0.39 is 0 Å². The van der Waals surface area contributed by atoms with Gasteiger partial charge in [-0.05, 0) is 19.4 Å². The van der Waals surface area contributed by atoms with Crippen molar-refractivity contribution in [3.63, 3.8) is 0 Å². The van der Waals surface area contributed by atoms with E-state index in [2.05, 4.69) is 46.2 Å². The molecule has 1 fully saturated rings. The Labute approximate surface area is 136 Å². The monoisotopic (exact) mass is 313 g/mol. The fraction of sp³-hybridized carbons (Fsp3) is 0.412. The van der Waals surface area contributed by atoms with Crippen molar-refractivity contribution in [2.45, 2.75) is 25.9 Å². The molecule has 23 heavy (non-hydrogen) atoms. The zero-order chi connectivity index (χ0) is 16.2. The number of hydrogen-bond donors (Lipinski definition) is 2. The minimum atomic E-state index is 0.114. The summed E-state index contributed by atoms with van der Waals surface area (Å²) in [6.45, 7) is 6.38. The Morgan fingerprint density at radius 2 is 2.13 bits per heavy atom. The lowest BCUT2D eigenvalue weighted by atomic mass is 10.1. The van der Waals surface area contributed by atoms with E-state index in [0.29, 0.717) is 30.7 Å². The Morgan fingerprint density at radius 1 is 1.35 bits per heavy atom. The van der Waals surface area contributed by atoms with Gasteiger partial charge in [-0.3, -0.25) is 0 Å². The molecule has 6 heteroatoms. The second kappa shape index (κ2) is 6.83. The average molecular weight is 313 g/mol. The van der Waals surface area contributed by atoms with Crippen LogP contribution in [0.2, 0.25) is 0 Å². The Hall–Kier alpha value is -2.34.